The fraction of sp³-hybridized carbons (Fsp3) is 0.667. The van der Waals surface area contributed by atoms with Crippen LogP contribution in [-0.4, -0.2) is 22.7 Å². The van der Waals surface area contributed by atoms with Crippen LogP contribution >= 0.6 is 11.6 Å². The van der Waals surface area contributed by atoms with Crippen molar-refractivity contribution in [1.82, 2.24) is 4.98 Å². The largest absolute Gasteiger partial charge is 0.390 e. The molecule has 0 atom stereocenters. The number of rotatable bonds is 7. The molecular formula is C15H25ClN2O. The summed E-state index contributed by atoms with van der Waals surface area (Å²) < 4.78 is 0. The third-order valence-corrected chi connectivity index (χ3v) is 3.64. The van der Waals surface area contributed by atoms with E-state index in [0.29, 0.717) is 22.7 Å². The predicted octanol–water partition coefficient (Wildman–Crippen LogP) is 3.88. The highest BCUT2D eigenvalue weighted by atomic mass is 35.5. The van der Waals surface area contributed by atoms with Crippen LogP contribution in [0.25, 0.3) is 0 Å². The Kier molecular flexibility index (Phi) is 6.59. The lowest BCUT2D eigenvalue weighted by atomic mass is 10.1. The van der Waals surface area contributed by atoms with E-state index in [9.17, 15) is 5.11 Å². The Labute approximate surface area is 121 Å². The maximum atomic E-state index is 9.29. The van der Waals surface area contributed by atoms with Gasteiger partial charge in [-0.05, 0) is 30.9 Å². The molecule has 19 heavy (non-hydrogen) atoms. The summed E-state index contributed by atoms with van der Waals surface area (Å²) >= 11 is 6.01. The minimum Gasteiger partial charge on any atom is -0.390 e. The summed E-state index contributed by atoms with van der Waals surface area (Å²) in [5.41, 5.74) is 0.555. The number of anilines is 1. The highest BCUT2D eigenvalue weighted by molar-refractivity contribution is 6.31. The van der Waals surface area contributed by atoms with Crippen LogP contribution in [0.4, 0.5) is 5.82 Å². The van der Waals surface area contributed by atoms with E-state index in [2.05, 4.69) is 37.6 Å². The van der Waals surface area contributed by atoms with Crippen LogP contribution < -0.4 is 4.90 Å². The van der Waals surface area contributed by atoms with Crippen LogP contribution in [-0.2, 0) is 6.61 Å². The SMILES string of the molecule is CCC(CC)N(CC(C)C)c1ccc(Cl)c(CO)n1. The number of aliphatic hydroxyl groups excluding tert-OH is 1. The summed E-state index contributed by atoms with van der Waals surface area (Å²) in [6.45, 7) is 9.65. The first-order valence-electron chi connectivity index (χ1n) is 7.06. The third kappa shape index (κ3) is 4.36. The maximum Gasteiger partial charge on any atom is 0.129 e. The molecule has 0 aromatic carbocycles. The minimum atomic E-state index is -0.120. The van der Waals surface area contributed by atoms with E-state index in [1.807, 2.05) is 12.1 Å². The molecule has 108 valence electrons. The Morgan fingerprint density at radius 3 is 2.37 bits per heavy atom. The first kappa shape index (κ1) is 16.3. The van der Waals surface area contributed by atoms with Gasteiger partial charge >= 0.3 is 0 Å². The molecule has 3 nitrogen and oxygen atoms in total. The fourth-order valence-electron chi connectivity index (χ4n) is 2.30. The number of aliphatic hydroxyl groups is 1. The molecule has 0 aliphatic heterocycles. The first-order chi connectivity index (χ1) is 9.03. The number of hydrogen-bond acceptors (Lipinski definition) is 3. The van der Waals surface area contributed by atoms with Gasteiger partial charge in [0.15, 0.2) is 0 Å². The van der Waals surface area contributed by atoms with Crippen molar-refractivity contribution in [2.75, 3.05) is 11.4 Å². The lowest BCUT2D eigenvalue weighted by molar-refractivity contribution is 0.277. The number of pyridine rings is 1. The Morgan fingerprint density at radius 2 is 1.89 bits per heavy atom. The van der Waals surface area contributed by atoms with Crippen LogP contribution in [0.2, 0.25) is 5.02 Å². The zero-order valence-electron chi connectivity index (χ0n) is 12.4. The second-order valence-electron chi connectivity index (χ2n) is 5.27. The van der Waals surface area contributed by atoms with Crippen molar-refractivity contribution in [3.05, 3.63) is 22.8 Å². The van der Waals surface area contributed by atoms with Gasteiger partial charge in [-0.25, -0.2) is 4.98 Å². The number of hydrogen-bond donors (Lipinski definition) is 1. The molecule has 0 unspecified atom stereocenters. The maximum absolute atomic E-state index is 9.29. The summed E-state index contributed by atoms with van der Waals surface area (Å²) in [6.07, 6.45) is 2.17. The normalized spacial score (nSPS) is 11.4. The predicted molar refractivity (Wildman–Crippen MR) is 81.7 cm³/mol. The molecule has 0 aliphatic carbocycles. The summed E-state index contributed by atoms with van der Waals surface area (Å²) in [5.74, 6) is 1.48. The van der Waals surface area contributed by atoms with Gasteiger partial charge in [0.1, 0.15) is 5.82 Å². The highest BCUT2D eigenvalue weighted by Crippen LogP contribution is 2.24. The Morgan fingerprint density at radius 1 is 1.26 bits per heavy atom. The highest BCUT2D eigenvalue weighted by Gasteiger charge is 2.19. The topological polar surface area (TPSA) is 36.4 Å². The second kappa shape index (κ2) is 7.71. The van der Waals surface area contributed by atoms with Gasteiger partial charge in [0.25, 0.3) is 0 Å². The van der Waals surface area contributed by atoms with Gasteiger partial charge in [0.05, 0.1) is 17.3 Å². The van der Waals surface area contributed by atoms with Crippen molar-refractivity contribution in [3.8, 4) is 0 Å². The van der Waals surface area contributed by atoms with Gasteiger partial charge in [-0.2, -0.15) is 0 Å². The molecular weight excluding hydrogens is 260 g/mol. The molecule has 4 heteroatoms. The average Bonchev–Trinajstić information content (AvgIpc) is 2.39. The molecule has 0 radical (unpaired) electrons. The molecule has 0 amide bonds. The van der Waals surface area contributed by atoms with Gasteiger partial charge in [0, 0.05) is 12.6 Å². The molecule has 1 N–H and O–H groups in total. The van der Waals surface area contributed by atoms with E-state index in [4.69, 9.17) is 11.6 Å². The standard InChI is InChI=1S/C15H25ClN2O/c1-5-12(6-2)18(9-11(3)4)15-8-7-13(16)14(10-19)17-15/h7-8,11-12,19H,5-6,9-10H2,1-4H3. The van der Waals surface area contributed by atoms with Crippen LogP contribution in [0.1, 0.15) is 46.2 Å². The van der Waals surface area contributed by atoms with Gasteiger partial charge < -0.3 is 10.0 Å². The molecule has 0 spiro atoms. The number of halogens is 1. The van der Waals surface area contributed by atoms with Gasteiger partial charge in [-0.1, -0.05) is 39.3 Å². The molecule has 1 rings (SSSR count). The lowest BCUT2D eigenvalue weighted by Crippen LogP contribution is -2.38. The molecule has 0 saturated heterocycles. The van der Waals surface area contributed by atoms with Crippen LogP contribution in [0.5, 0.6) is 0 Å². The van der Waals surface area contributed by atoms with E-state index >= 15 is 0 Å². The van der Waals surface area contributed by atoms with Crippen molar-refractivity contribution in [3.63, 3.8) is 0 Å². The zero-order valence-corrected chi connectivity index (χ0v) is 13.1. The third-order valence-electron chi connectivity index (χ3n) is 3.29. The fourth-order valence-corrected chi connectivity index (χ4v) is 2.46. The zero-order chi connectivity index (χ0) is 14.4. The minimum absolute atomic E-state index is 0.120. The monoisotopic (exact) mass is 284 g/mol. The molecule has 1 aromatic heterocycles. The summed E-state index contributed by atoms with van der Waals surface area (Å²) in [5, 5.41) is 9.82. The van der Waals surface area contributed by atoms with Crippen molar-refractivity contribution in [1.29, 1.82) is 0 Å². The van der Waals surface area contributed by atoms with Gasteiger partial charge in [-0.3, -0.25) is 0 Å². The van der Waals surface area contributed by atoms with Crippen molar-refractivity contribution in [2.45, 2.75) is 53.2 Å². The van der Waals surface area contributed by atoms with E-state index in [-0.39, 0.29) is 6.61 Å². The Hall–Kier alpha value is -0.800. The van der Waals surface area contributed by atoms with E-state index < -0.39 is 0 Å². The summed E-state index contributed by atoms with van der Waals surface area (Å²) in [7, 11) is 0. The van der Waals surface area contributed by atoms with E-state index in [1.165, 1.54) is 0 Å². The molecule has 1 aromatic rings. The molecule has 0 aliphatic rings. The Balaban J connectivity index is 3.08. The van der Waals surface area contributed by atoms with Crippen molar-refractivity contribution < 1.29 is 5.11 Å². The van der Waals surface area contributed by atoms with Crippen LogP contribution in [0.3, 0.4) is 0 Å². The van der Waals surface area contributed by atoms with E-state index in [0.717, 1.165) is 25.2 Å². The number of aromatic nitrogens is 1. The van der Waals surface area contributed by atoms with Crippen molar-refractivity contribution >= 4 is 17.4 Å². The quantitative estimate of drug-likeness (QED) is 0.825. The van der Waals surface area contributed by atoms with Crippen LogP contribution in [0.15, 0.2) is 12.1 Å². The van der Waals surface area contributed by atoms with Gasteiger partial charge in [0.2, 0.25) is 0 Å². The average molecular weight is 285 g/mol. The summed E-state index contributed by atoms with van der Waals surface area (Å²) in [6, 6.07) is 4.25. The smallest absolute Gasteiger partial charge is 0.129 e. The molecule has 0 saturated carbocycles. The lowest BCUT2D eigenvalue weighted by Gasteiger charge is -2.33. The first-order valence-corrected chi connectivity index (χ1v) is 7.44. The molecule has 0 bridgehead atoms. The second-order valence-corrected chi connectivity index (χ2v) is 5.68. The number of nitrogens with zero attached hydrogens (tertiary/aromatic N) is 2. The summed E-state index contributed by atoms with van der Waals surface area (Å²) in [4.78, 5) is 6.84. The van der Waals surface area contributed by atoms with Gasteiger partial charge in [-0.15, -0.1) is 0 Å². The Bertz CT molecular complexity index is 392. The molecule has 0 fully saturated rings. The molecule has 1 heterocycles. The van der Waals surface area contributed by atoms with Crippen molar-refractivity contribution in [2.24, 2.45) is 5.92 Å². The van der Waals surface area contributed by atoms with Crippen LogP contribution in [0, 0.1) is 5.92 Å². The van der Waals surface area contributed by atoms with E-state index in [1.54, 1.807) is 0 Å².